The number of thiazole rings is 1. The van der Waals surface area contributed by atoms with E-state index in [1.54, 1.807) is 6.92 Å². The Kier molecular flexibility index (Phi) is 5.32. The Morgan fingerprint density at radius 3 is 2.58 bits per heavy atom. The smallest absolute Gasteiger partial charge is 0.324 e. The highest BCUT2D eigenvalue weighted by atomic mass is 32.1. The summed E-state index contributed by atoms with van der Waals surface area (Å²) >= 11 is 1.33. The maximum Gasteiger partial charge on any atom is 0.416 e. The van der Waals surface area contributed by atoms with E-state index in [9.17, 15) is 22.8 Å². The minimum absolute atomic E-state index is 0.0262. The molecule has 10 heteroatoms. The van der Waals surface area contributed by atoms with Crippen LogP contribution in [0.25, 0.3) is 21.5 Å². The number of alkyl halides is 3. The van der Waals surface area contributed by atoms with Gasteiger partial charge in [0.1, 0.15) is 12.2 Å². The van der Waals surface area contributed by atoms with Gasteiger partial charge in [0.2, 0.25) is 5.91 Å². The minimum Gasteiger partial charge on any atom is -0.324 e. The van der Waals surface area contributed by atoms with Crippen LogP contribution in [0.5, 0.6) is 0 Å². The fourth-order valence-electron chi connectivity index (χ4n) is 3.07. The number of fused-ring (bicyclic) bond motifs is 1. The predicted octanol–water partition coefficient (Wildman–Crippen LogP) is 4.49. The van der Waals surface area contributed by atoms with Gasteiger partial charge in [0, 0.05) is 11.3 Å². The topological polar surface area (TPSA) is 76.9 Å². The molecule has 1 amide bonds. The molecule has 0 saturated carbocycles. The van der Waals surface area contributed by atoms with E-state index in [4.69, 9.17) is 0 Å². The number of hydrogen-bond acceptors (Lipinski definition) is 5. The van der Waals surface area contributed by atoms with E-state index in [2.05, 4.69) is 15.4 Å². The van der Waals surface area contributed by atoms with Crippen LogP contribution in [0, 0.1) is 6.92 Å². The van der Waals surface area contributed by atoms with Crippen molar-refractivity contribution < 1.29 is 18.0 Å². The van der Waals surface area contributed by atoms with Crippen LogP contribution in [-0.2, 0) is 17.5 Å². The van der Waals surface area contributed by atoms with E-state index in [1.807, 2.05) is 30.3 Å². The van der Waals surface area contributed by atoms with Crippen LogP contribution >= 0.6 is 11.3 Å². The first-order chi connectivity index (χ1) is 14.7. The molecule has 6 nitrogen and oxygen atoms in total. The van der Waals surface area contributed by atoms with Crippen molar-refractivity contribution in [3.63, 3.8) is 0 Å². The van der Waals surface area contributed by atoms with Crippen LogP contribution in [0.2, 0.25) is 0 Å². The summed E-state index contributed by atoms with van der Waals surface area (Å²) in [5, 5.41) is 7.42. The highest BCUT2D eigenvalue weighted by molar-refractivity contribution is 7.19. The Balaban J connectivity index is 1.68. The Bertz CT molecular complexity index is 1330. The number of nitrogens with one attached hydrogen (secondary N) is 1. The molecule has 0 saturated heterocycles. The average Bonchev–Trinajstić information content (AvgIpc) is 3.12. The van der Waals surface area contributed by atoms with Crippen molar-refractivity contribution in [1.29, 1.82) is 0 Å². The first-order valence-corrected chi connectivity index (χ1v) is 9.95. The third kappa shape index (κ3) is 4.33. The number of nitrogens with zero attached hydrogens (tertiary/aromatic N) is 3. The number of aromatic nitrogens is 3. The first kappa shape index (κ1) is 20.7. The highest BCUT2D eigenvalue weighted by Gasteiger charge is 2.30. The summed E-state index contributed by atoms with van der Waals surface area (Å²) in [6, 6.07) is 13.4. The first-order valence-electron chi connectivity index (χ1n) is 9.13. The molecule has 4 aromatic rings. The van der Waals surface area contributed by atoms with Gasteiger partial charge < -0.3 is 5.32 Å². The molecule has 2 aromatic heterocycles. The molecule has 4 rings (SSSR count). The fourth-order valence-corrected chi connectivity index (χ4v) is 3.99. The van der Waals surface area contributed by atoms with Crippen molar-refractivity contribution in [2.45, 2.75) is 19.6 Å². The molecule has 158 valence electrons. The van der Waals surface area contributed by atoms with Gasteiger partial charge in [0.15, 0.2) is 5.52 Å². The largest absolute Gasteiger partial charge is 0.416 e. The monoisotopic (exact) mass is 444 g/mol. The van der Waals surface area contributed by atoms with Gasteiger partial charge in [-0.1, -0.05) is 36.4 Å². The minimum atomic E-state index is -4.53. The zero-order chi connectivity index (χ0) is 22.2. The maximum absolute atomic E-state index is 12.9. The summed E-state index contributed by atoms with van der Waals surface area (Å²) in [6.07, 6.45) is -4.53. The molecule has 31 heavy (non-hydrogen) atoms. The van der Waals surface area contributed by atoms with Crippen molar-refractivity contribution >= 4 is 33.1 Å². The normalized spacial score (nSPS) is 11.6. The summed E-state index contributed by atoms with van der Waals surface area (Å²) < 4.78 is 40.3. The number of halogens is 3. The lowest BCUT2D eigenvalue weighted by molar-refractivity contribution is -0.137. The Morgan fingerprint density at radius 2 is 1.87 bits per heavy atom. The van der Waals surface area contributed by atoms with Crippen molar-refractivity contribution in [2.24, 2.45) is 0 Å². The number of anilines is 1. The third-order valence-corrected chi connectivity index (χ3v) is 5.40. The molecule has 0 unspecified atom stereocenters. The molecule has 2 aromatic carbocycles. The molecular formula is C21H15F3N4O2S. The summed E-state index contributed by atoms with van der Waals surface area (Å²) in [6.45, 7) is 1.30. The van der Waals surface area contributed by atoms with Gasteiger partial charge in [-0.3, -0.25) is 9.59 Å². The number of carbonyl (C=O) groups is 1. The Hall–Kier alpha value is -3.53. The quantitative estimate of drug-likeness (QED) is 0.503. The lowest BCUT2D eigenvalue weighted by atomic mass is 10.1. The third-order valence-electron chi connectivity index (χ3n) is 4.42. The lowest BCUT2D eigenvalue weighted by Gasteiger charge is -2.11. The van der Waals surface area contributed by atoms with E-state index < -0.39 is 29.8 Å². The molecule has 0 atom stereocenters. The van der Waals surface area contributed by atoms with E-state index in [1.165, 1.54) is 23.5 Å². The van der Waals surface area contributed by atoms with Crippen LogP contribution in [0.15, 0.2) is 59.4 Å². The van der Waals surface area contributed by atoms with E-state index in [-0.39, 0.29) is 11.2 Å². The van der Waals surface area contributed by atoms with Gasteiger partial charge in [0.25, 0.3) is 5.56 Å². The van der Waals surface area contributed by atoms with Crippen molar-refractivity contribution in [1.82, 2.24) is 14.8 Å². The number of rotatable bonds is 4. The molecule has 1 N–H and O–H groups in total. The van der Waals surface area contributed by atoms with E-state index in [0.29, 0.717) is 15.4 Å². The van der Waals surface area contributed by atoms with Crippen LogP contribution in [0.1, 0.15) is 10.6 Å². The van der Waals surface area contributed by atoms with Gasteiger partial charge in [-0.2, -0.15) is 18.3 Å². The summed E-state index contributed by atoms with van der Waals surface area (Å²) in [7, 11) is 0. The van der Waals surface area contributed by atoms with Gasteiger partial charge >= 0.3 is 6.18 Å². The van der Waals surface area contributed by atoms with Crippen LogP contribution in [0.3, 0.4) is 0 Å². The molecule has 0 aliphatic heterocycles. The molecule has 0 fully saturated rings. The molecule has 0 radical (unpaired) electrons. The van der Waals surface area contributed by atoms with Crippen LogP contribution in [-0.4, -0.2) is 20.7 Å². The van der Waals surface area contributed by atoms with E-state index in [0.717, 1.165) is 22.4 Å². The van der Waals surface area contributed by atoms with Crippen molar-refractivity contribution in [3.8, 4) is 11.3 Å². The molecule has 0 bridgehead atoms. The van der Waals surface area contributed by atoms with Crippen LogP contribution < -0.4 is 10.9 Å². The number of hydrogen-bond donors (Lipinski definition) is 1. The average molecular weight is 444 g/mol. The lowest BCUT2D eigenvalue weighted by Crippen LogP contribution is -2.30. The zero-order valence-corrected chi connectivity index (χ0v) is 16.9. The second kappa shape index (κ2) is 7.95. The molecule has 0 aliphatic carbocycles. The number of benzene rings is 2. The molecular weight excluding hydrogens is 429 g/mol. The summed E-state index contributed by atoms with van der Waals surface area (Å²) in [4.78, 5) is 29.6. The predicted molar refractivity (Wildman–Crippen MR) is 112 cm³/mol. The number of carbonyl (C=O) groups excluding carboxylic acids is 1. The van der Waals surface area contributed by atoms with E-state index >= 15 is 0 Å². The molecule has 0 aliphatic rings. The zero-order valence-electron chi connectivity index (χ0n) is 16.1. The van der Waals surface area contributed by atoms with Gasteiger partial charge in [0.05, 0.1) is 15.3 Å². The highest BCUT2D eigenvalue weighted by Crippen LogP contribution is 2.31. The number of amides is 1. The summed E-state index contributed by atoms with van der Waals surface area (Å²) in [5.41, 5.74) is 0.00496. The SMILES string of the molecule is Cc1nc2c(=O)n(CC(=O)Nc3cccc(C(F)(F)F)c3)nc(-c3ccccc3)c2s1. The maximum atomic E-state index is 12.9. The van der Waals surface area contributed by atoms with Crippen molar-refractivity contribution in [3.05, 3.63) is 75.5 Å². The van der Waals surface area contributed by atoms with Crippen LogP contribution in [0.4, 0.5) is 18.9 Å². The Morgan fingerprint density at radius 1 is 1.13 bits per heavy atom. The van der Waals surface area contributed by atoms with Gasteiger partial charge in [-0.15, -0.1) is 11.3 Å². The molecule has 0 spiro atoms. The second-order valence-corrected chi connectivity index (χ2v) is 7.92. The molecule has 2 heterocycles. The van der Waals surface area contributed by atoms with Crippen molar-refractivity contribution in [2.75, 3.05) is 5.32 Å². The Labute approximate surface area is 178 Å². The number of aryl methyl sites for hydroxylation is 1. The fraction of sp³-hybridized carbons (Fsp3) is 0.143. The second-order valence-electron chi connectivity index (χ2n) is 6.71. The van der Waals surface area contributed by atoms with Gasteiger partial charge in [-0.25, -0.2) is 9.67 Å². The van der Waals surface area contributed by atoms with Gasteiger partial charge in [-0.05, 0) is 25.1 Å². The standard InChI is InChI=1S/C21H15F3N4O2S/c1-12-25-18-19(31-12)17(13-6-3-2-4-7-13)27-28(20(18)30)11-16(29)26-15-9-5-8-14(10-15)21(22,23)24/h2-10H,11H2,1H3,(H,26,29). The summed E-state index contributed by atoms with van der Waals surface area (Å²) in [5.74, 6) is -0.681.